The number of nitrogens with two attached hydrogens (primary N) is 1. The third-order valence-electron chi connectivity index (χ3n) is 5.81. The van der Waals surface area contributed by atoms with Crippen LogP contribution in [0, 0.1) is 0 Å². The van der Waals surface area contributed by atoms with E-state index in [9.17, 15) is 4.79 Å². The Labute approximate surface area is 160 Å². The largest absolute Gasteiger partial charge is 0.340 e. The molecule has 2 aromatic rings. The molecule has 144 valence electrons. The predicted molar refractivity (Wildman–Crippen MR) is 103 cm³/mol. The van der Waals surface area contributed by atoms with Crippen LogP contribution in [0.4, 0.5) is 0 Å². The average molecular weight is 368 g/mol. The molecule has 7 heteroatoms. The number of nitrogens with zero attached hydrogens (tertiary/aromatic N) is 5. The average Bonchev–Trinajstić information content (AvgIpc) is 2.99. The number of hydrogen-bond acceptors (Lipinski definition) is 5. The Kier molecular flexibility index (Phi) is 5.22. The van der Waals surface area contributed by atoms with Gasteiger partial charge in [-0.05, 0) is 24.8 Å². The van der Waals surface area contributed by atoms with Crippen molar-refractivity contribution in [1.29, 1.82) is 0 Å². The Balaban J connectivity index is 1.29. The maximum Gasteiger partial charge on any atom is 0.236 e. The molecular formula is C20H28N6O. The molecule has 1 aliphatic heterocycles. The highest BCUT2D eigenvalue weighted by atomic mass is 16.2. The summed E-state index contributed by atoms with van der Waals surface area (Å²) in [6.07, 6.45) is 2.89. The van der Waals surface area contributed by atoms with Gasteiger partial charge < -0.3 is 15.2 Å². The van der Waals surface area contributed by atoms with E-state index in [0.717, 1.165) is 50.5 Å². The quantitative estimate of drug-likeness (QED) is 0.820. The summed E-state index contributed by atoms with van der Waals surface area (Å²) in [5, 5.41) is 8.73. The number of amides is 1. The number of carbonyl (C=O) groups excluding carboxylic acids is 1. The summed E-state index contributed by atoms with van der Waals surface area (Å²) < 4.78 is 2.09. The first-order chi connectivity index (χ1) is 13.1. The Morgan fingerprint density at radius 1 is 1.15 bits per heavy atom. The van der Waals surface area contributed by atoms with Gasteiger partial charge in [-0.2, -0.15) is 0 Å². The van der Waals surface area contributed by atoms with Crippen molar-refractivity contribution in [1.82, 2.24) is 24.6 Å². The van der Waals surface area contributed by atoms with Gasteiger partial charge in [0.05, 0.1) is 13.1 Å². The van der Waals surface area contributed by atoms with Crippen molar-refractivity contribution in [3.8, 4) is 0 Å². The van der Waals surface area contributed by atoms with E-state index in [1.807, 2.05) is 30.1 Å². The van der Waals surface area contributed by atoms with Crippen molar-refractivity contribution in [2.75, 3.05) is 26.2 Å². The van der Waals surface area contributed by atoms with Crippen LogP contribution in [0.3, 0.4) is 0 Å². The summed E-state index contributed by atoms with van der Waals surface area (Å²) >= 11 is 0. The number of rotatable bonds is 6. The molecule has 2 fully saturated rings. The van der Waals surface area contributed by atoms with Crippen molar-refractivity contribution in [3.63, 3.8) is 0 Å². The maximum absolute atomic E-state index is 12.5. The third-order valence-corrected chi connectivity index (χ3v) is 5.81. The van der Waals surface area contributed by atoms with Crippen LogP contribution in [0.1, 0.15) is 36.0 Å². The van der Waals surface area contributed by atoms with Crippen molar-refractivity contribution in [2.24, 2.45) is 12.8 Å². The van der Waals surface area contributed by atoms with Crippen LogP contribution >= 0.6 is 0 Å². The fourth-order valence-electron chi connectivity index (χ4n) is 3.98. The zero-order valence-corrected chi connectivity index (χ0v) is 15.9. The van der Waals surface area contributed by atoms with Crippen LogP contribution in [0.25, 0.3) is 0 Å². The molecule has 2 heterocycles. The molecule has 1 saturated carbocycles. The van der Waals surface area contributed by atoms with Gasteiger partial charge in [0.25, 0.3) is 0 Å². The molecule has 1 amide bonds. The van der Waals surface area contributed by atoms with Crippen molar-refractivity contribution >= 4 is 5.91 Å². The van der Waals surface area contributed by atoms with Crippen LogP contribution in [0.15, 0.2) is 30.3 Å². The number of aromatic nitrogens is 3. The van der Waals surface area contributed by atoms with Gasteiger partial charge in [0, 0.05) is 38.6 Å². The van der Waals surface area contributed by atoms with Crippen LogP contribution in [-0.2, 0) is 24.8 Å². The second kappa shape index (κ2) is 7.78. The number of hydrogen-bond donors (Lipinski definition) is 1. The summed E-state index contributed by atoms with van der Waals surface area (Å²) in [5.41, 5.74) is 7.17. The van der Waals surface area contributed by atoms with Crippen molar-refractivity contribution in [2.45, 2.75) is 37.8 Å². The predicted octanol–water partition coefficient (Wildman–Crippen LogP) is 0.907. The smallest absolute Gasteiger partial charge is 0.236 e. The van der Waals surface area contributed by atoms with E-state index in [1.165, 1.54) is 5.56 Å². The molecular weight excluding hydrogens is 340 g/mol. The number of benzene rings is 1. The molecule has 1 aromatic carbocycles. The van der Waals surface area contributed by atoms with Gasteiger partial charge in [-0.15, -0.1) is 10.2 Å². The van der Waals surface area contributed by atoms with Gasteiger partial charge in [-0.1, -0.05) is 30.3 Å². The second-order valence-corrected chi connectivity index (χ2v) is 7.79. The lowest BCUT2D eigenvalue weighted by Crippen LogP contribution is -2.50. The van der Waals surface area contributed by atoms with Crippen LogP contribution in [-0.4, -0.2) is 62.7 Å². The Morgan fingerprint density at radius 3 is 2.63 bits per heavy atom. The number of piperazine rings is 1. The monoisotopic (exact) mass is 368 g/mol. The van der Waals surface area contributed by atoms with Gasteiger partial charge in [0.1, 0.15) is 11.6 Å². The van der Waals surface area contributed by atoms with Gasteiger partial charge in [0.15, 0.2) is 0 Å². The first-order valence-electron chi connectivity index (χ1n) is 9.78. The lowest BCUT2D eigenvalue weighted by Gasteiger charge is -2.34. The van der Waals surface area contributed by atoms with Gasteiger partial charge >= 0.3 is 0 Å². The zero-order chi connectivity index (χ0) is 18.8. The molecule has 2 N–H and O–H groups in total. The molecule has 0 radical (unpaired) electrons. The van der Waals surface area contributed by atoms with E-state index in [0.29, 0.717) is 25.0 Å². The lowest BCUT2D eigenvalue weighted by molar-refractivity contribution is -0.136. The molecule has 0 unspecified atom stereocenters. The molecule has 1 aliphatic carbocycles. The van der Waals surface area contributed by atoms with Crippen LogP contribution in [0.5, 0.6) is 0 Å². The summed E-state index contributed by atoms with van der Waals surface area (Å²) in [5.74, 6) is 2.59. The maximum atomic E-state index is 12.5. The molecule has 0 bridgehead atoms. The number of carbonyl (C=O) groups is 1. The summed E-state index contributed by atoms with van der Waals surface area (Å²) in [7, 11) is 2.02. The Bertz CT molecular complexity index is 783. The van der Waals surface area contributed by atoms with Gasteiger partial charge in [-0.25, -0.2) is 0 Å². The highest BCUT2D eigenvalue weighted by Crippen LogP contribution is 2.34. The van der Waals surface area contributed by atoms with E-state index < -0.39 is 0 Å². The van der Waals surface area contributed by atoms with E-state index in [-0.39, 0.29) is 5.91 Å². The van der Waals surface area contributed by atoms with Gasteiger partial charge in [-0.3, -0.25) is 9.69 Å². The fraction of sp³-hybridized carbons (Fsp3) is 0.550. The Morgan fingerprint density at radius 2 is 1.93 bits per heavy atom. The van der Waals surface area contributed by atoms with Crippen LogP contribution in [0.2, 0.25) is 0 Å². The molecule has 4 rings (SSSR count). The lowest BCUT2D eigenvalue weighted by atomic mass is 9.80. The first-order valence-corrected chi connectivity index (χ1v) is 9.78. The van der Waals surface area contributed by atoms with Crippen LogP contribution < -0.4 is 5.73 Å². The Hall–Kier alpha value is -2.25. The molecule has 7 nitrogen and oxygen atoms in total. The molecule has 0 atom stereocenters. The molecule has 27 heavy (non-hydrogen) atoms. The molecule has 1 saturated heterocycles. The minimum Gasteiger partial charge on any atom is -0.340 e. The molecule has 2 aliphatic rings. The van der Waals surface area contributed by atoms with Crippen molar-refractivity contribution in [3.05, 3.63) is 47.5 Å². The highest BCUT2D eigenvalue weighted by molar-refractivity contribution is 5.79. The third kappa shape index (κ3) is 4.04. The van der Waals surface area contributed by atoms with E-state index in [4.69, 9.17) is 5.73 Å². The zero-order valence-electron chi connectivity index (χ0n) is 15.9. The first kappa shape index (κ1) is 18.1. The minimum absolute atomic E-state index is 0.199. The molecule has 1 aromatic heterocycles. The van der Waals surface area contributed by atoms with E-state index >= 15 is 0 Å². The van der Waals surface area contributed by atoms with E-state index in [2.05, 4.69) is 31.8 Å². The topological polar surface area (TPSA) is 80.3 Å². The molecule has 0 spiro atoms. The van der Waals surface area contributed by atoms with Gasteiger partial charge in [0.2, 0.25) is 5.91 Å². The highest BCUT2D eigenvalue weighted by Gasteiger charge is 2.32. The summed E-state index contributed by atoms with van der Waals surface area (Å²) in [6, 6.07) is 10.6. The second-order valence-electron chi connectivity index (χ2n) is 7.79. The summed E-state index contributed by atoms with van der Waals surface area (Å²) in [6.45, 7) is 3.55. The fourth-order valence-corrected chi connectivity index (χ4v) is 3.98. The standard InChI is InChI=1S/C20H28N6O/c1-24-18(22-23-20(24)16-11-17(21)12-16)13-25-9-10-26(19(27)14-25)8-7-15-5-3-2-4-6-15/h2-6,16-17H,7-14,21H2,1H3. The van der Waals surface area contributed by atoms with Crippen molar-refractivity contribution < 1.29 is 4.79 Å². The minimum atomic E-state index is 0.199. The summed E-state index contributed by atoms with van der Waals surface area (Å²) in [4.78, 5) is 16.7. The SMILES string of the molecule is Cn1c(CN2CCN(CCc3ccccc3)C(=O)C2)nnc1C1CC(N)C1. The normalized spacial score (nSPS) is 23.5. The van der Waals surface area contributed by atoms with E-state index in [1.54, 1.807) is 0 Å².